The Bertz CT molecular complexity index is 694. The number of hydrogen-bond acceptors (Lipinski definition) is 7. The third-order valence-electron chi connectivity index (χ3n) is 4.54. The lowest BCUT2D eigenvalue weighted by atomic mass is 10.1. The molecule has 0 saturated heterocycles. The molecular formula is C19H28N6O. The van der Waals surface area contributed by atoms with Crippen LogP contribution in [0.1, 0.15) is 17.0 Å². The molecule has 0 spiro atoms. The summed E-state index contributed by atoms with van der Waals surface area (Å²) in [6.07, 6.45) is 4.62. The molecule has 2 N–H and O–H groups in total. The molecule has 0 radical (unpaired) electrons. The summed E-state index contributed by atoms with van der Waals surface area (Å²) in [5, 5.41) is 6.73. The molecule has 1 aliphatic rings. The number of pyridine rings is 1. The second-order valence-electron chi connectivity index (χ2n) is 6.46. The van der Waals surface area contributed by atoms with Gasteiger partial charge in [-0.3, -0.25) is 4.98 Å². The average Bonchev–Trinajstić information content (AvgIpc) is 2.92. The van der Waals surface area contributed by atoms with E-state index in [0.717, 1.165) is 56.1 Å². The van der Waals surface area contributed by atoms with Crippen LogP contribution in [0.3, 0.4) is 0 Å². The largest absolute Gasteiger partial charge is 0.383 e. The topological polar surface area (TPSA) is 75.2 Å². The van der Waals surface area contributed by atoms with Gasteiger partial charge in [-0.05, 0) is 25.1 Å². The quantitative estimate of drug-likeness (QED) is 0.691. The highest BCUT2D eigenvalue weighted by molar-refractivity contribution is 5.53. The van der Waals surface area contributed by atoms with Crippen molar-refractivity contribution < 1.29 is 4.74 Å². The van der Waals surface area contributed by atoms with E-state index in [1.807, 2.05) is 18.3 Å². The first-order valence-electron chi connectivity index (χ1n) is 9.22. The monoisotopic (exact) mass is 356 g/mol. The van der Waals surface area contributed by atoms with Crippen LogP contribution in [-0.2, 0) is 24.0 Å². The highest BCUT2D eigenvalue weighted by Crippen LogP contribution is 2.24. The molecule has 140 valence electrons. The molecule has 2 aromatic rings. The summed E-state index contributed by atoms with van der Waals surface area (Å²) >= 11 is 0. The average molecular weight is 356 g/mol. The lowest BCUT2D eigenvalue weighted by Gasteiger charge is -2.23. The molecule has 3 rings (SSSR count). The highest BCUT2D eigenvalue weighted by Gasteiger charge is 2.19. The number of methoxy groups -OCH3 is 1. The van der Waals surface area contributed by atoms with Crippen molar-refractivity contribution in [3.05, 3.63) is 41.3 Å². The second kappa shape index (κ2) is 9.45. The van der Waals surface area contributed by atoms with Crippen molar-refractivity contribution in [1.82, 2.24) is 20.3 Å². The van der Waals surface area contributed by atoms with E-state index < -0.39 is 0 Å². The summed E-state index contributed by atoms with van der Waals surface area (Å²) in [4.78, 5) is 16.2. The van der Waals surface area contributed by atoms with Crippen molar-refractivity contribution in [2.24, 2.45) is 0 Å². The van der Waals surface area contributed by atoms with Crippen molar-refractivity contribution in [2.75, 3.05) is 57.2 Å². The number of aromatic nitrogens is 3. The smallest absolute Gasteiger partial charge is 0.224 e. The zero-order valence-electron chi connectivity index (χ0n) is 15.7. The Morgan fingerprint density at radius 1 is 1.23 bits per heavy atom. The molecule has 0 saturated carbocycles. The predicted octanol–water partition coefficient (Wildman–Crippen LogP) is 1.30. The number of nitrogens with zero attached hydrogens (tertiary/aromatic N) is 4. The van der Waals surface area contributed by atoms with Gasteiger partial charge in [0.2, 0.25) is 5.95 Å². The minimum Gasteiger partial charge on any atom is -0.383 e. The van der Waals surface area contributed by atoms with Crippen molar-refractivity contribution in [1.29, 1.82) is 0 Å². The molecule has 0 aromatic carbocycles. The lowest BCUT2D eigenvalue weighted by Crippen LogP contribution is -2.25. The molecular weight excluding hydrogens is 328 g/mol. The maximum absolute atomic E-state index is 5.12. The van der Waals surface area contributed by atoms with Gasteiger partial charge in [-0.2, -0.15) is 4.98 Å². The number of fused-ring (bicyclic) bond motifs is 1. The second-order valence-corrected chi connectivity index (χ2v) is 6.46. The Balaban J connectivity index is 1.79. The van der Waals surface area contributed by atoms with Gasteiger partial charge in [0.15, 0.2) is 0 Å². The molecule has 0 amide bonds. The van der Waals surface area contributed by atoms with E-state index in [9.17, 15) is 0 Å². The SMILES string of the molecule is COCCNc1nc2c(c(N(C)CCc3ccccn3)n1)CCNCC2. The highest BCUT2D eigenvalue weighted by atomic mass is 16.5. The van der Waals surface area contributed by atoms with Gasteiger partial charge in [-0.25, -0.2) is 4.98 Å². The first-order chi connectivity index (χ1) is 12.8. The summed E-state index contributed by atoms with van der Waals surface area (Å²) in [5.74, 6) is 1.71. The molecule has 1 aliphatic heterocycles. The summed E-state index contributed by atoms with van der Waals surface area (Å²) < 4.78 is 5.12. The Kier molecular flexibility index (Phi) is 6.74. The summed E-state index contributed by atoms with van der Waals surface area (Å²) in [5.41, 5.74) is 3.50. The van der Waals surface area contributed by atoms with E-state index in [1.165, 1.54) is 5.56 Å². The van der Waals surface area contributed by atoms with E-state index >= 15 is 0 Å². The molecule has 2 aromatic heterocycles. The van der Waals surface area contributed by atoms with Gasteiger partial charge >= 0.3 is 0 Å². The number of hydrogen-bond donors (Lipinski definition) is 2. The zero-order chi connectivity index (χ0) is 18.2. The van der Waals surface area contributed by atoms with Crippen LogP contribution in [-0.4, -0.2) is 61.9 Å². The van der Waals surface area contributed by atoms with Gasteiger partial charge in [0.25, 0.3) is 0 Å². The maximum atomic E-state index is 5.12. The van der Waals surface area contributed by atoms with Crippen LogP contribution in [0.25, 0.3) is 0 Å². The molecule has 3 heterocycles. The van der Waals surface area contributed by atoms with Crippen LogP contribution in [0.5, 0.6) is 0 Å². The first-order valence-corrected chi connectivity index (χ1v) is 9.22. The Morgan fingerprint density at radius 2 is 2.12 bits per heavy atom. The van der Waals surface area contributed by atoms with Gasteiger partial charge in [0.05, 0.1) is 12.3 Å². The first kappa shape index (κ1) is 18.5. The minimum absolute atomic E-state index is 0.632. The number of anilines is 2. The van der Waals surface area contributed by atoms with E-state index in [-0.39, 0.29) is 0 Å². The number of likely N-dealkylation sites (N-methyl/N-ethyl adjacent to an activating group) is 1. The lowest BCUT2D eigenvalue weighted by molar-refractivity contribution is 0.210. The van der Waals surface area contributed by atoms with E-state index in [4.69, 9.17) is 14.7 Å². The standard InChI is InChI=1S/C19H28N6O/c1-25(13-8-15-5-3-4-9-21-15)18-16-6-10-20-11-7-17(16)23-19(24-18)22-12-14-26-2/h3-5,9,20H,6-8,10-14H2,1-2H3,(H,22,23,24). The van der Waals surface area contributed by atoms with Gasteiger partial charge in [-0.15, -0.1) is 0 Å². The fourth-order valence-corrected chi connectivity index (χ4v) is 3.12. The van der Waals surface area contributed by atoms with Crippen LogP contribution in [0, 0.1) is 0 Å². The van der Waals surface area contributed by atoms with E-state index in [1.54, 1.807) is 7.11 Å². The van der Waals surface area contributed by atoms with Crippen molar-refractivity contribution in [2.45, 2.75) is 19.3 Å². The maximum Gasteiger partial charge on any atom is 0.224 e. The van der Waals surface area contributed by atoms with Crippen LogP contribution in [0.4, 0.5) is 11.8 Å². The molecule has 7 nitrogen and oxygen atoms in total. The van der Waals surface area contributed by atoms with E-state index in [2.05, 4.69) is 33.6 Å². The van der Waals surface area contributed by atoms with Gasteiger partial charge < -0.3 is 20.3 Å². The van der Waals surface area contributed by atoms with Crippen LogP contribution < -0.4 is 15.5 Å². The van der Waals surface area contributed by atoms with Gasteiger partial charge in [-0.1, -0.05) is 6.07 Å². The summed E-state index contributed by atoms with van der Waals surface area (Å²) in [6.45, 7) is 4.12. The fourth-order valence-electron chi connectivity index (χ4n) is 3.12. The molecule has 0 atom stereocenters. The molecule has 0 fully saturated rings. The zero-order valence-corrected chi connectivity index (χ0v) is 15.7. The Morgan fingerprint density at radius 3 is 2.92 bits per heavy atom. The predicted molar refractivity (Wildman–Crippen MR) is 104 cm³/mol. The van der Waals surface area contributed by atoms with Crippen LogP contribution in [0.2, 0.25) is 0 Å². The number of ether oxygens (including phenoxy) is 1. The molecule has 0 unspecified atom stereocenters. The van der Waals surface area contributed by atoms with Crippen molar-refractivity contribution in [3.8, 4) is 0 Å². The van der Waals surface area contributed by atoms with Crippen molar-refractivity contribution in [3.63, 3.8) is 0 Å². The van der Waals surface area contributed by atoms with Crippen LogP contribution >= 0.6 is 0 Å². The van der Waals surface area contributed by atoms with Crippen LogP contribution in [0.15, 0.2) is 24.4 Å². The minimum atomic E-state index is 0.632. The van der Waals surface area contributed by atoms with E-state index in [0.29, 0.717) is 19.1 Å². The van der Waals surface area contributed by atoms with Crippen molar-refractivity contribution >= 4 is 11.8 Å². The Labute approximate surface area is 155 Å². The summed E-state index contributed by atoms with van der Waals surface area (Å²) in [7, 11) is 3.80. The van der Waals surface area contributed by atoms with Gasteiger partial charge in [0, 0.05) is 64.1 Å². The molecule has 7 heteroatoms. The fraction of sp³-hybridized carbons (Fsp3) is 0.526. The summed E-state index contributed by atoms with van der Waals surface area (Å²) in [6, 6.07) is 6.04. The van der Waals surface area contributed by atoms with Gasteiger partial charge in [0.1, 0.15) is 5.82 Å². The Hall–Kier alpha value is -2.25. The molecule has 0 aliphatic carbocycles. The number of nitrogens with one attached hydrogen (secondary N) is 2. The third-order valence-corrected chi connectivity index (χ3v) is 4.54. The number of rotatable bonds is 8. The molecule has 0 bridgehead atoms. The third kappa shape index (κ3) is 4.89. The molecule has 26 heavy (non-hydrogen) atoms. The normalized spacial score (nSPS) is 13.8.